The van der Waals surface area contributed by atoms with E-state index in [1.54, 1.807) is 4.72 Å². The molecule has 6 nitrogen and oxygen atoms in total. The van der Waals surface area contributed by atoms with E-state index in [9.17, 15) is 30.8 Å². The lowest BCUT2D eigenvalue weighted by Crippen LogP contribution is -2.38. The van der Waals surface area contributed by atoms with Gasteiger partial charge in [-0.05, 0) is 73.1 Å². The maximum absolute atomic E-state index is 14.8. The zero-order valence-electron chi connectivity index (χ0n) is 19.4. The van der Waals surface area contributed by atoms with Gasteiger partial charge in [-0.15, -0.1) is 0 Å². The van der Waals surface area contributed by atoms with Gasteiger partial charge in [-0.25, -0.2) is 17.5 Å². The lowest BCUT2D eigenvalue weighted by atomic mass is 9.97. The number of nitrogens with one attached hydrogen (secondary N) is 1. The van der Waals surface area contributed by atoms with Crippen molar-refractivity contribution >= 4 is 27.5 Å². The highest BCUT2D eigenvalue weighted by Gasteiger charge is 2.34. The molecule has 1 aliphatic heterocycles. The Balaban J connectivity index is 1.41. The fraction of sp³-hybridized carbons (Fsp3) is 0.458. The minimum absolute atomic E-state index is 0.103. The molecule has 2 aromatic rings. The fourth-order valence-electron chi connectivity index (χ4n) is 4.35. The Morgan fingerprint density at radius 2 is 1.81 bits per heavy atom. The van der Waals surface area contributed by atoms with Crippen molar-refractivity contribution in [2.75, 3.05) is 19.3 Å². The van der Waals surface area contributed by atoms with Gasteiger partial charge in [-0.3, -0.25) is 9.69 Å². The van der Waals surface area contributed by atoms with Gasteiger partial charge in [-0.2, -0.15) is 13.2 Å². The van der Waals surface area contributed by atoms with E-state index in [2.05, 4.69) is 4.90 Å². The second-order valence-corrected chi connectivity index (χ2v) is 11.4. The molecule has 4 rings (SSSR count). The third kappa shape index (κ3) is 6.68. The van der Waals surface area contributed by atoms with Crippen LogP contribution in [0.15, 0.2) is 30.3 Å². The summed E-state index contributed by atoms with van der Waals surface area (Å²) in [6.45, 7) is 1.61. The highest BCUT2D eigenvalue weighted by molar-refractivity contribution is 7.89. The minimum atomic E-state index is -4.57. The van der Waals surface area contributed by atoms with Crippen LogP contribution in [-0.4, -0.2) is 44.7 Å². The van der Waals surface area contributed by atoms with Gasteiger partial charge in [0.1, 0.15) is 17.7 Å². The van der Waals surface area contributed by atoms with Crippen molar-refractivity contribution in [1.82, 2.24) is 9.62 Å². The summed E-state index contributed by atoms with van der Waals surface area (Å²) in [5.41, 5.74) is 0.314. The van der Waals surface area contributed by atoms with E-state index in [1.807, 2.05) is 0 Å². The molecule has 2 aromatic carbocycles. The fourth-order valence-corrected chi connectivity index (χ4v) is 5.02. The van der Waals surface area contributed by atoms with Crippen LogP contribution in [0.2, 0.25) is 5.02 Å². The minimum Gasteiger partial charge on any atom is -0.490 e. The van der Waals surface area contributed by atoms with Gasteiger partial charge in [0.25, 0.3) is 5.91 Å². The summed E-state index contributed by atoms with van der Waals surface area (Å²) in [6, 6.07) is 6.22. The number of benzene rings is 2. The number of piperidine rings is 1. The van der Waals surface area contributed by atoms with Gasteiger partial charge in [0.15, 0.2) is 0 Å². The summed E-state index contributed by atoms with van der Waals surface area (Å²) in [4.78, 5) is 14.3. The van der Waals surface area contributed by atoms with E-state index in [4.69, 9.17) is 16.3 Å². The van der Waals surface area contributed by atoms with Gasteiger partial charge >= 0.3 is 6.18 Å². The van der Waals surface area contributed by atoms with Crippen LogP contribution in [-0.2, 0) is 22.7 Å². The molecule has 0 spiro atoms. The Kier molecular flexibility index (Phi) is 7.55. The molecule has 0 unspecified atom stereocenters. The first-order chi connectivity index (χ1) is 16.8. The Morgan fingerprint density at radius 3 is 2.39 bits per heavy atom. The molecule has 1 aliphatic carbocycles. The Hall–Kier alpha value is -2.37. The number of halogens is 5. The van der Waals surface area contributed by atoms with Crippen LogP contribution in [0.1, 0.15) is 58.6 Å². The molecule has 196 valence electrons. The van der Waals surface area contributed by atoms with E-state index in [-0.39, 0.29) is 28.4 Å². The predicted molar refractivity (Wildman–Crippen MR) is 126 cm³/mol. The van der Waals surface area contributed by atoms with Gasteiger partial charge in [-0.1, -0.05) is 11.6 Å². The number of nitrogens with zero attached hydrogens (tertiary/aromatic N) is 1. The number of sulfonamides is 1. The maximum Gasteiger partial charge on any atom is 0.417 e. The van der Waals surface area contributed by atoms with Gasteiger partial charge in [0.05, 0.1) is 22.4 Å². The molecular weight excluding hydrogens is 524 g/mol. The highest BCUT2D eigenvalue weighted by atomic mass is 35.5. The molecule has 1 saturated heterocycles. The number of likely N-dealkylation sites (tertiary alicyclic amines) is 1. The topological polar surface area (TPSA) is 75.7 Å². The number of amides is 1. The summed E-state index contributed by atoms with van der Waals surface area (Å²) in [7, 11) is -3.83. The first-order valence-corrected chi connectivity index (χ1v) is 13.7. The van der Waals surface area contributed by atoms with Crippen LogP contribution in [0.5, 0.6) is 5.75 Å². The molecule has 1 heterocycles. The molecule has 2 aliphatic rings. The van der Waals surface area contributed by atoms with Crippen LogP contribution in [0, 0.1) is 5.82 Å². The van der Waals surface area contributed by atoms with Crippen LogP contribution in [0.3, 0.4) is 0 Å². The number of ether oxygens (including phenoxy) is 1. The van der Waals surface area contributed by atoms with Crippen LogP contribution in [0.4, 0.5) is 17.6 Å². The van der Waals surface area contributed by atoms with Gasteiger partial charge in [0.2, 0.25) is 10.0 Å². The van der Waals surface area contributed by atoms with Crippen LogP contribution >= 0.6 is 11.6 Å². The zero-order valence-corrected chi connectivity index (χ0v) is 20.9. The third-order valence-electron chi connectivity index (χ3n) is 6.24. The van der Waals surface area contributed by atoms with Gasteiger partial charge < -0.3 is 4.74 Å². The van der Waals surface area contributed by atoms with Crippen LogP contribution < -0.4 is 9.46 Å². The van der Waals surface area contributed by atoms with E-state index < -0.39 is 33.5 Å². The molecule has 0 bridgehead atoms. The summed E-state index contributed by atoms with van der Waals surface area (Å²) in [5, 5.41) is -0.386. The number of alkyl halides is 3. The zero-order chi connectivity index (χ0) is 26.3. The second kappa shape index (κ2) is 10.2. The average molecular weight is 549 g/mol. The lowest BCUT2D eigenvalue weighted by molar-refractivity contribution is -0.137. The molecule has 0 radical (unpaired) electrons. The first kappa shape index (κ1) is 26.7. The number of rotatable bonds is 7. The Morgan fingerprint density at radius 1 is 1.14 bits per heavy atom. The summed E-state index contributed by atoms with van der Waals surface area (Å²) < 4.78 is 84.4. The van der Waals surface area contributed by atoms with Crippen molar-refractivity contribution in [3.63, 3.8) is 0 Å². The molecule has 1 N–H and O–H groups in total. The molecule has 1 amide bonds. The van der Waals surface area contributed by atoms with Crippen molar-refractivity contribution in [1.29, 1.82) is 0 Å². The Labute approximate surface area is 211 Å². The standard InChI is InChI=1S/C24H25ClF4N2O4S/c1-36(33,34)30-23(32)19-12-18(14-2-3-14)15(10-22(19)26)13-31-8-6-16(7-9-31)35-17-4-5-21(25)20(11-17)24(27,28)29/h4-5,10-12,14,16H,2-3,6-9,13H2,1H3,(H,30,32). The first-order valence-electron chi connectivity index (χ1n) is 11.4. The number of hydrogen-bond acceptors (Lipinski definition) is 5. The van der Waals surface area contributed by atoms with Crippen molar-refractivity contribution in [3.8, 4) is 5.75 Å². The molecule has 1 saturated carbocycles. The maximum atomic E-state index is 14.8. The van der Waals surface area contributed by atoms with Gasteiger partial charge in [0, 0.05) is 19.6 Å². The van der Waals surface area contributed by atoms with Crippen LogP contribution in [0.25, 0.3) is 0 Å². The predicted octanol–water partition coefficient (Wildman–Crippen LogP) is 5.11. The molecule has 0 atom stereocenters. The van der Waals surface area contributed by atoms with Crippen molar-refractivity contribution in [2.45, 2.75) is 50.4 Å². The largest absolute Gasteiger partial charge is 0.490 e. The molecule has 12 heteroatoms. The summed E-state index contributed by atoms with van der Waals surface area (Å²) in [5.74, 6) is -1.50. The Bertz CT molecular complexity index is 1260. The molecule has 36 heavy (non-hydrogen) atoms. The lowest BCUT2D eigenvalue weighted by Gasteiger charge is -2.33. The van der Waals surface area contributed by atoms with E-state index in [0.29, 0.717) is 32.5 Å². The molecular formula is C24H25ClF4N2O4S. The highest BCUT2D eigenvalue weighted by Crippen LogP contribution is 2.43. The van der Waals surface area contributed by atoms with Crippen molar-refractivity contribution in [3.05, 3.63) is 63.4 Å². The number of carbonyl (C=O) groups excluding carboxylic acids is 1. The van der Waals surface area contributed by atoms with Crippen molar-refractivity contribution < 1.29 is 35.5 Å². The van der Waals surface area contributed by atoms with E-state index >= 15 is 0 Å². The second-order valence-electron chi connectivity index (χ2n) is 9.24. The number of carbonyl (C=O) groups is 1. The smallest absolute Gasteiger partial charge is 0.417 e. The quantitative estimate of drug-likeness (QED) is 0.487. The summed E-state index contributed by atoms with van der Waals surface area (Å²) in [6.07, 6.45) is -1.07. The normalized spacial score (nSPS) is 17.7. The summed E-state index contributed by atoms with van der Waals surface area (Å²) >= 11 is 5.67. The monoisotopic (exact) mass is 548 g/mol. The van der Waals surface area contributed by atoms with Crippen molar-refractivity contribution in [2.24, 2.45) is 0 Å². The third-order valence-corrected chi connectivity index (χ3v) is 7.13. The molecule has 0 aromatic heterocycles. The average Bonchev–Trinajstić information content (AvgIpc) is 3.60. The van der Waals surface area contributed by atoms with E-state index in [1.165, 1.54) is 24.3 Å². The number of hydrogen-bond donors (Lipinski definition) is 1. The van der Waals surface area contributed by atoms with E-state index in [0.717, 1.165) is 36.3 Å². The molecule has 2 fully saturated rings. The SMILES string of the molecule is CS(=O)(=O)NC(=O)c1cc(C2CC2)c(CN2CCC(Oc3ccc(Cl)c(C(F)(F)F)c3)CC2)cc1F.